The third-order valence-electron chi connectivity index (χ3n) is 2.48. The van der Waals surface area contributed by atoms with E-state index in [0.29, 0.717) is 5.56 Å². The molecule has 5 heteroatoms. The summed E-state index contributed by atoms with van der Waals surface area (Å²) in [5, 5.41) is 20.2. The fourth-order valence-electron chi connectivity index (χ4n) is 1.42. The third-order valence-corrected chi connectivity index (χ3v) is 2.48. The molecule has 0 fully saturated rings. The lowest BCUT2D eigenvalue weighted by atomic mass is 9.82. The molecule has 0 saturated carbocycles. The van der Waals surface area contributed by atoms with Crippen LogP contribution in [-0.2, 0) is 0 Å². The van der Waals surface area contributed by atoms with Crippen molar-refractivity contribution >= 4 is 5.69 Å². The van der Waals surface area contributed by atoms with Gasteiger partial charge in [-0.05, 0) is 17.5 Å². The zero-order chi connectivity index (χ0) is 12.5. The van der Waals surface area contributed by atoms with Crippen molar-refractivity contribution in [3.8, 4) is 5.75 Å². The zero-order valence-electron chi connectivity index (χ0n) is 9.60. The summed E-state index contributed by atoms with van der Waals surface area (Å²) < 4.78 is 0. The molecule has 0 aliphatic heterocycles. The van der Waals surface area contributed by atoms with Gasteiger partial charge in [-0.1, -0.05) is 20.8 Å². The van der Waals surface area contributed by atoms with E-state index in [9.17, 15) is 15.2 Å². The van der Waals surface area contributed by atoms with Crippen molar-refractivity contribution in [2.24, 2.45) is 11.1 Å². The summed E-state index contributed by atoms with van der Waals surface area (Å²) in [7, 11) is 0. The highest BCUT2D eigenvalue weighted by Crippen LogP contribution is 2.36. The number of phenols is 1. The van der Waals surface area contributed by atoms with E-state index in [4.69, 9.17) is 5.73 Å². The van der Waals surface area contributed by atoms with Gasteiger partial charge in [-0.25, -0.2) is 0 Å². The summed E-state index contributed by atoms with van der Waals surface area (Å²) in [6.07, 6.45) is 0. The Morgan fingerprint density at radius 3 is 2.44 bits per heavy atom. The van der Waals surface area contributed by atoms with Gasteiger partial charge in [0.2, 0.25) is 0 Å². The van der Waals surface area contributed by atoms with E-state index in [1.807, 2.05) is 20.8 Å². The predicted molar refractivity (Wildman–Crippen MR) is 61.1 cm³/mol. The number of phenolic OH excluding ortho intramolecular Hbond substituents is 1. The number of hydrogen-bond acceptors (Lipinski definition) is 4. The van der Waals surface area contributed by atoms with Gasteiger partial charge in [-0.3, -0.25) is 10.1 Å². The number of rotatable bonds is 2. The van der Waals surface area contributed by atoms with Gasteiger partial charge in [0.15, 0.2) is 0 Å². The Morgan fingerprint density at radius 1 is 1.44 bits per heavy atom. The van der Waals surface area contributed by atoms with Crippen molar-refractivity contribution in [1.82, 2.24) is 0 Å². The van der Waals surface area contributed by atoms with Crippen LogP contribution in [0.5, 0.6) is 5.75 Å². The van der Waals surface area contributed by atoms with Crippen molar-refractivity contribution < 1.29 is 10.0 Å². The van der Waals surface area contributed by atoms with Crippen LogP contribution in [0.25, 0.3) is 0 Å². The first-order valence-electron chi connectivity index (χ1n) is 4.96. The highest BCUT2D eigenvalue weighted by atomic mass is 16.6. The van der Waals surface area contributed by atoms with Crippen LogP contribution >= 0.6 is 0 Å². The predicted octanol–water partition coefficient (Wildman–Crippen LogP) is 2.35. The SMILES string of the molecule is CC(C)(C)[C@H](N)c1cc(O)ccc1[N+](=O)[O-]. The Balaban J connectivity index is 3.30. The molecule has 0 unspecified atom stereocenters. The Morgan fingerprint density at radius 2 is 2.00 bits per heavy atom. The molecule has 3 N–H and O–H groups in total. The maximum Gasteiger partial charge on any atom is 0.274 e. The first kappa shape index (κ1) is 12.4. The third kappa shape index (κ3) is 2.49. The number of aromatic hydroxyl groups is 1. The van der Waals surface area contributed by atoms with Crippen LogP contribution in [0.15, 0.2) is 18.2 Å². The number of hydrogen-bond donors (Lipinski definition) is 2. The molecule has 1 rings (SSSR count). The monoisotopic (exact) mass is 224 g/mol. The lowest BCUT2D eigenvalue weighted by Gasteiger charge is -2.27. The summed E-state index contributed by atoms with van der Waals surface area (Å²) in [6, 6.07) is 3.42. The van der Waals surface area contributed by atoms with E-state index in [1.165, 1.54) is 18.2 Å². The number of nitrogens with zero attached hydrogens (tertiary/aromatic N) is 1. The normalized spacial score (nSPS) is 13.5. The first-order chi connectivity index (χ1) is 7.23. The van der Waals surface area contributed by atoms with Crippen LogP contribution in [0.1, 0.15) is 32.4 Å². The maximum atomic E-state index is 10.8. The summed E-state index contributed by atoms with van der Waals surface area (Å²) in [5.74, 6) is -0.0136. The van der Waals surface area contributed by atoms with Crippen LogP contribution < -0.4 is 5.73 Å². The van der Waals surface area contributed by atoms with Crippen molar-refractivity contribution in [3.63, 3.8) is 0 Å². The van der Waals surface area contributed by atoms with E-state index in [1.54, 1.807) is 0 Å². The second-order valence-corrected chi connectivity index (χ2v) is 4.84. The fraction of sp³-hybridized carbons (Fsp3) is 0.455. The smallest absolute Gasteiger partial charge is 0.274 e. The van der Waals surface area contributed by atoms with Gasteiger partial charge >= 0.3 is 0 Å². The molecule has 0 radical (unpaired) electrons. The fourth-order valence-corrected chi connectivity index (χ4v) is 1.42. The molecular formula is C11H16N2O3. The van der Waals surface area contributed by atoms with Crippen LogP contribution in [-0.4, -0.2) is 10.0 Å². The van der Waals surface area contributed by atoms with Crippen LogP contribution in [0.3, 0.4) is 0 Å². The molecule has 1 aromatic carbocycles. The van der Waals surface area contributed by atoms with Crippen molar-refractivity contribution in [2.45, 2.75) is 26.8 Å². The van der Waals surface area contributed by atoms with Gasteiger partial charge in [0.1, 0.15) is 5.75 Å². The zero-order valence-corrected chi connectivity index (χ0v) is 9.60. The van der Waals surface area contributed by atoms with E-state index < -0.39 is 11.0 Å². The molecule has 0 aromatic heterocycles. The molecule has 0 aliphatic carbocycles. The Kier molecular flexibility index (Phi) is 3.19. The standard InChI is InChI=1S/C11H16N2O3/c1-11(2,3)10(12)8-6-7(14)4-5-9(8)13(15)16/h4-6,10,14H,12H2,1-3H3/t10-/m1/s1. The summed E-state index contributed by atoms with van der Waals surface area (Å²) in [6.45, 7) is 5.68. The molecule has 0 heterocycles. The van der Waals surface area contributed by atoms with E-state index in [0.717, 1.165) is 0 Å². The van der Waals surface area contributed by atoms with Crippen molar-refractivity contribution in [1.29, 1.82) is 0 Å². The largest absolute Gasteiger partial charge is 0.508 e. The average Bonchev–Trinajstić information content (AvgIpc) is 2.14. The van der Waals surface area contributed by atoms with E-state index >= 15 is 0 Å². The van der Waals surface area contributed by atoms with Crippen LogP contribution in [0.2, 0.25) is 0 Å². The Hall–Kier alpha value is -1.62. The highest BCUT2D eigenvalue weighted by molar-refractivity contribution is 5.47. The molecule has 1 atom stereocenters. The van der Waals surface area contributed by atoms with Gasteiger partial charge in [-0.2, -0.15) is 0 Å². The van der Waals surface area contributed by atoms with Gasteiger partial charge in [0, 0.05) is 12.1 Å². The summed E-state index contributed by atoms with van der Waals surface area (Å²) >= 11 is 0. The van der Waals surface area contributed by atoms with Crippen LogP contribution in [0.4, 0.5) is 5.69 Å². The minimum atomic E-state index is -0.500. The molecule has 0 bridgehead atoms. The Labute approximate surface area is 94.0 Å². The first-order valence-corrected chi connectivity index (χ1v) is 4.96. The van der Waals surface area contributed by atoms with Crippen molar-refractivity contribution in [3.05, 3.63) is 33.9 Å². The number of nitrogens with two attached hydrogens (primary N) is 1. The highest BCUT2D eigenvalue weighted by Gasteiger charge is 2.28. The molecule has 5 nitrogen and oxygen atoms in total. The minimum absolute atomic E-state index is 0.0136. The van der Waals surface area contributed by atoms with Gasteiger partial charge in [-0.15, -0.1) is 0 Å². The summed E-state index contributed by atoms with van der Waals surface area (Å²) in [5.41, 5.74) is 5.96. The topological polar surface area (TPSA) is 89.4 Å². The van der Waals surface area contributed by atoms with Gasteiger partial charge in [0.25, 0.3) is 5.69 Å². The molecule has 0 aliphatic rings. The molecule has 1 aromatic rings. The Bertz CT molecular complexity index is 410. The van der Waals surface area contributed by atoms with Crippen molar-refractivity contribution in [2.75, 3.05) is 0 Å². The number of nitro benzene ring substituents is 1. The van der Waals surface area contributed by atoms with Gasteiger partial charge in [0.05, 0.1) is 10.5 Å². The number of nitro groups is 1. The lowest BCUT2D eigenvalue weighted by Crippen LogP contribution is -2.26. The van der Waals surface area contributed by atoms with E-state index in [-0.39, 0.29) is 16.9 Å². The second kappa shape index (κ2) is 4.09. The summed E-state index contributed by atoms with van der Waals surface area (Å²) in [4.78, 5) is 10.3. The molecule has 0 spiro atoms. The molecule has 16 heavy (non-hydrogen) atoms. The maximum absolute atomic E-state index is 10.8. The second-order valence-electron chi connectivity index (χ2n) is 4.84. The quantitative estimate of drug-likeness (QED) is 0.596. The average molecular weight is 224 g/mol. The molecular weight excluding hydrogens is 208 g/mol. The minimum Gasteiger partial charge on any atom is -0.508 e. The lowest BCUT2D eigenvalue weighted by molar-refractivity contribution is -0.385. The molecule has 0 saturated heterocycles. The molecule has 88 valence electrons. The van der Waals surface area contributed by atoms with Crippen LogP contribution in [0, 0.1) is 15.5 Å². The van der Waals surface area contributed by atoms with E-state index in [2.05, 4.69) is 0 Å². The molecule has 0 amide bonds. The van der Waals surface area contributed by atoms with Gasteiger partial charge < -0.3 is 10.8 Å². The number of benzene rings is 1.